The van der Waals surface area contributed by atoms with Gasteiger partial charge >= 0.3 is 5.97 Å². The lowest BCUT2D eigenvalue weighted by Crippen LogP contribution is -2.54. The maximum atomic E-state index is 13.2. The van der Waals surface area contributed by atoms with Gasteiger partial charge in [-0.3, -0.25) is 14.4 Å². The van der Waals surface area contributed by atoms with Crippen LogP contribution in [0.3, 0.4) is 0 Å². The molecule has 2 fully saturated rings. The Balaban J connectivity index is 2.24. The molecule has 2 rings (SSSR count). The van der Waals surface area contributed by atoms with Crippen LogP contribution in [0.5, 0.6) is 0 Å². The van der Waals surface area contributed by atoms with Crippen molar-refractivity contribution in [2.75, 3.05) is 7.11 Å². The van der Waals surface area contributed by atoms with E-state index < -0.39 is 11.4 Å². The summed E-state index contributed by atoms with van der Waals surface area (Å²) in [7, 11) is 1.33. The first-order valence-corrected chi connectivity index (χ1v) is 10.9. The second-order valence-corrected chi connectivity index (χ2v) is 10.1. The third-order valence-electron chi connectivity index (χ3n) is 6.86. The fraction of sp³-hybridized carbons (Fsp3) is 0.792. The van der Waals surface area contributed by atoms with Gasteiger partial charge in [-0.05, 0) is 70.6 Å². The molecule has 5 heteroatoms. The maximum absolute atomic E-state index is 13.2. The van der Waals surface area contributed by atoms with Gasteiger partial charge in [-0.25, -0.2) is 0 Å². The molecule has 0 saturated heterocycles. The Kier molecular flexibility index (Phi) is 7.47. The van der Waals surface area contributed by atoms with Gasteiger partial charge in [-0.1, -0.05) is 13.0 Å². The summed E-state index contributed by atoms with van der Waals surface area (Å²) in [5.41, 5.74) is -1.81. The normalized spacial score (nSPS) is 32.0. The Morgan fingerprint density at radius 2 is 1.93 bits per heavy atom. The van der Waals surface area contributed by atoms with Crippen molar-refractivity contribution < 1.29 is 23.9 Å². The number of allylic oxidation sites excluding steroid dienone is 1. The molecule has 0 heterocycles. The van der Waals surface area contributed by atoms with E-state index in [9.17, 15) is 14.4 Å². The highest BCUT2D eigenvalue weighted by atomic mass is 16.5. The maximum Gasteiger partial charge on any atom is 0.319 e. The number of Topliss-reactive ketones (excluding diaryl/α,β-unsaturated/α-hetero) is 2. The molecule has 0 N–H and O–H groups in total. The lowest BCUT2D eigenvalue weighted by molar-refractivity contribution is -0.174. The minimum absolute atomic E-state index is 0.00655. The van der Waals surface area contributed by atoms with Crippen LogP contribution in [0.2, 0.25) is 0 Å². The van der Waals surface area contributed by atoms with Crippen LogP contribution in [0, 0.1) is 16.7 Å². The number of fused-ring (bicyclic) bond motifs is 1. The van der Waals surface area contributed by atoms with E-state index in [4.69, 9.17) is 9.47 Å². The van der Waals surface area contributed by atoms with E-state index in [2.05, 4.69) is 13.5 Å². The Bertz CT molecular complexity index is 646. The highest BCUT2D eigenvalue weighted by Gasteiger charge is 2.61. The highest BCUT2D eigenvalue weighted by Crippen LogP contribution is 2.59. The van der Waals surface area contributed by atoms with Gasteiger partial charge in [0.25, 0.3) is 0 Å². The summed E-state index contributed by atoms with van der Waals surface area (Å²) in [6.07, 6.45) is 6.83. The minimum Gasteiger partial charge on any atom is -0.468 e. The summed E-state index contributed by atoms with van der Waals surface area (Å²) in [5.74, 6) is -0.267. The van der Waals surface area contributed by atoms with Crippen LogP contribution in [0.1, 0.15) is 85.5 Å². The highest BCUT2D eigenvalue weighted by molar-refractivity contribution is 6.05. The lowest BCUT2D eigenvalue weighted by Gasteiger charge is -2.48. The van der Waals surface area contributed by atoms with E-state index in [0.717, 1.165) is 25.7 Å². The molecule has 0 amide bonds. The summed E-state index contributed by atoms with van der Waals surface area (Å²) < 4.78 is 11.5. The molecule has 0 bridgehead atoms. The van der Waals surface area contributed by atoms with Crippen molar-refractivity contribution in [3.8, 4) is 0 Å². The Hall–Kier alpha value is -1.49. The van der Waals surface area contributed by atoms with E-state index in [-0.39, 0.29) is 47.4 Å². The fourth-order valence-corrected chi connectivity index (χ4v) is 5.29. The molecule has 2 saturated carbocycles. The fourth-order valence-electron chi connectivity index (χ4n) is 5.29. The van der Waals surface area contributed by atoms with Crippen molar-refractivity contribution in [1.82, 2.24) is 0 Å². The quantitative estimate of drug-likeness (QED) is 0.238. The minimum atomic E-state index is -1.24. The molecule has 2 aliphatic carbocycles. The monoisotopic (exact) mass is 406 g/mol. The molecule has 0 aliphatic heterocycles. The number of hydrogen-bond acceptors (Lipinski definition) is 5. The Morgan fingerprint density at radius 3 is 2.52 bits per heavy atom. The summed E-state index contributed by atoms with van der Waals surface area (Å²) in [6, 6.07) is 0. The Labute approximate surface area is 175 Å². The van der Waals surface area contributed by atoms with Crippen LogP contribution in [0.15, 0.2) is 12.7 Å². The first-order valence-electron chi connectivity index (χ1n) is 10.9. The number of methoxy groups -OCH3 is 1. The van der Waals surface area contributed by atoms with Gasteiger partial charge in [0.05, 0.1) is 18.8 Å². The zero-order valence-corrected chi connectivity index (χ0v) is 18.8. The van der Waals surface area contributed by atoms with E-state index in [1.54, 1.807) is 6.08 Å². The van der Waals surface area contributed by atoms with Gasteiger partial charge < -0.3 is 9.47 Å². The van der Waals surface area contributed by atoms with Crippen molar-refractivity contribution in [2.45, 2.75) is 97.2 Å². The molecule has 0 spiro atoms. The average molecular weight is 407 g/mol. The predicted octanol–water partition coefficient (Wildman–Crippen LogP) is 4.81. The lowest BCUT2D eigenvalue weighted by atomic mass is 9.56. The third-order valence-corrected chi connectivity index (χ3v) is 6.86. The molecule has 1 unspecified atom stereocenters. The number of ether oxygens (including phenoxy) is 2. The first-order chi connectivity index (χ1) is 13.5. The molecule has 2 aliphatic rings. The van der Waals surface area contributed by atoms with Crippen molar-refractivity contribution in [2.24, 2.45) is 16.7 Å². The van der Waals surface area contributed by atoms with Gasteiger partial charge in [0.2, 0.25) is 0 Å². The number of carbonyl (C=O) groups excluding carboxylic acids is 3. The topological polar surface area (TPSA) is 69.7 Å². The van der Waals surface area contributed by atoms with Gasteiger partial charge in [-0.2, -0.15) is 0 Å². The molecular weight excluding hydrogens is 368 g/mol. The SMILES string of the molecule is C=CCCCC(=O)CCC1(C(=O)OC)C[C@@]2(C)[C@@H](CC[C@@H]2OC(C)(C)C)CC1=O. The third kappa shape index (κ3) is 5.17. The van der Waals surface area contributed by atoms with Gasteiger partial charge in [0, 0.05) is 19.3 Å². The summed E-state index contributed by atoms with van der Waals surface area (Å²) >= 11 is 0. The summed E-state index contributed by atoms with van der Waals surface area (Å²) in [5, 5.41) is 0. The van der Waals surface area contributed by atoms with Gasteiger partial charge in [-0.15, -0.1) is 6.58 Å². The van der Waals surface area contributed by atoms with Crippen LogP contribution in [-0.2, 0) is 23.9 Å². The Morgan fingerprint density at radius 1 is 1.24 bits per heavy atom. The number of rotatable bonds is 9. The van der Waals surface area contributed by atoms with Gasteiger partial charge in [0.15, 0.2) is 5.78 Å². The molecule has 164 valence electrons. The summed E-state index contributed by atoms with van der Waals surface area (Å²) in [6.45, 7) is 11.9. The van der Waals surface area contributed by atoms with Crippen molar-refractivity contribution in [1.29, 1.82) is 0 Å². The molecule has 29 heavy (non-hydrogen) atoms. The number of carbonyl (C=O) groups is 3. The van der Waals surface area contributed by atoms with Crippen molar-refractivity contribution >= 4 is 17.5 Å². The summed E-state index contributed by atoms with van der Waals surface area (Å²) in [4.78, 5) is 38.4. The van der Waals surface area contributed by atoms with Crippen LogP contribution < -0.4 is 0 Å². The molecule has 0 radical (unpaired) electrons. The molecule has 0 aromatic carbocycles. The van der Waals surface area contributed by atoms with Crippen molar-refractivity contribution in [3.05, 3.63) is 12.7 Å². The predicted molar refractivity (Wildman–Crippen MR) is 112 cm³/mol. The number of hydrogen-bond donors (Lipinski definition) is 0. The average Bonchev–Trinajstić information content (AvgIpc) is 2.93. The second kappa shape index (κ2) is 9.11. The second-order valence-electron chi connectivity index (χ2n) is 10.1. The molecule has 0 aromatic heterocycles. The van der Waals surface area contributed by atoms with E-state index in [1.807, 2.05) is 20.8 Å². The standard InChI is InChI=1S/C24H38O5/c1-7-8-9-10-18(25)13-14-24(21(27)28-6)16-23(5)17(15-19(24)26)11-12-20(23)29-22(2,3)4/h7,17,20H,1,8-16H2,2-6H3/t17-,20-,23-,24?/m0/s1. The number of esters is 1. The van der Waals surface area contributed by atoms with E-state index in [0.29, 0.717) is 19.3 Å². The zero-order valence-electron chi connectivity index (χ0n) is 18.8. The number of ketones is 2. The smallest absolute Gasteiger partial charge is 0.319 e. The van der Waals surface area contributed by atoms with Crippen LogP contribution in [-0.4, -0.2) is 36.4 Å². The van der Waals surface area contributed by atoms with Gasteiger partial charge in [0.1, 0.15) is 11.2 Å². The largest absolute Gasteiger partial charge is 0.468 e. The molecule has 5 nitrogen and oxygen atoms in total. The van der Waals surface area contributed by atoms with E-state index >= 15 is 0 Å². The first kappa shape index (κ1) is 23.8. The van der Waals surface area contributed by atoms with Crippen LogP contribution in [0.4, 0.5) is 0 Å². The van der Waals surface area contributed by atoms with Crippen molar-refractivity contribution in [3.63, 3.8) is 0 Å². The number of unbranched alkanes of at least 4 members (excludes halogenated alkanes) is 1. The zero-order chi connectivity index (χ0) is 21.9. The van der Waals surface area contributed by atoms with Crippen LogP contribution >= 0.6 is 0 Å². The molecule has 0 aromatic rings. The van der Waals surface area contributed by atoms with Crippen LogP contribution in [0.25, 0.3) is 0 Å². The molecule has 4 atom stereocenters. The van der Waals surface area contributed by atoms with E-state index in [1.165, 1.54) is 7.11 Å². The molecular formula is C24H38O5.